The van der Waals surface area contributed by atoms with Gasteiger partial charge in [0.2, 0.25) is 15.8 Å². The van der Waals surface area contributed by atoms with Gasteiger partial charge in [-0.05, 0) is 29.8 Å². The van der Waals surface area contributed by atoms with Crippen LogP contribution in [0.5, 0.6) is 0 Å². The third-order valence-corrected chi connectivity index (χ3v) is 4.11. The van der Waals surface area contributed by atoms with Crippen LogP contribution in [-0.2, 0) is 10.0 Å². The number of carbonyl (C=O) groups is 1. The van der Waals surface area contributed by atoms with Crippen LogP contribution in [0.15, 0.2) is 20.0 Å². The van der Waals surface area contributed by atoms with Crippen LogP contribution < -0.4 is 4.72 Å². The van der Waals surface area contributed by atoms with Crippen LogP contribution in [0, 0.1) is 0 Å². The van der Waals surface area contributed by atoms with E-state index in [4.69, 9.17) is 9.52 Å². The summed E-state index contributed by atoms with van der Waals surface area (Å²) in [5, 5.41) is 18.1. The van der Waals surface area contributed by atoms with Gasteiger partial charge in [0.05, 0.1) is 5.60 Å². The summed E-state index contributed by atoms with van der Waals surface area (Å²) in [4.78, 5) is 10.3. The number of rotatable bonds is 5. The van der Waals surface area contributed by atoms with Crippen LogP contribution in [0.2, 0.25) is 0 Å². The Bertz CT molecular complexity index is 556. The molecule has 1 rings (SSSR count). The second-order valence-electron chi connectivity index (χ2n) is 4.19. The fourth-order valence-electron chi connectivity index (χ4n) is 0.990. The van der Waals surface area contributed by atoms with Gasteiger partial charge in [0.1, 0.15) is 4.90 Å². The predicted octanol–water partition coefficient (Wildman–Crippen LogP) is 0.790. The molecule has 0 saturated carbocycles. The number of hydrogen-bond donors (Lipinski definition) is 3. The molecule has 0 atom stereocenters. The molecule has 0 spiro atoms. The molecule has 7 nitrogen and oxygen atoms in total. The second-order valence-corrected chi connectivity index (χ2v) is 6.65. The van der Waals surface area contributed by atoms with E-state index < -0.39 is 27.4 Å². The molecule has 0 fully saturated rings. The van der Waals surface area contributed by atoms with Gasteiger partial charge in [-0.1, -0.05) is 0 Å². The summed E-state index contributed by atoms with van der Waals surface area (Å²) < 4.78 is 30.3. The number of carboxylic acid groups (broad SMARTS) is 1. The Kier molecular flexibility index (Phi) is 4.21. The van der Waals surface area contributed by atoms with E-state index in [1.807, 2.05) is 0 Å². The molecule has 0 amide bonds. The van der Waals surface area contributed by atoms with Gasteiger partial charge in [-0.3, -0.25) is 0 Å². The first-order chi connectivity index (χ1) is 8.03. The Morgan fingerprint density at radius 1 is 1.56 bits per heavy atom. The van der Waals surface area contributed by atoms with Crippen molar-refractivity contribution in [1.82, 2.24) is 4.72 Å². The molecule has 0 aliphatic carbocycles. The fourth-order valence-corrected chi connectivity index (χ4v) is 3.13. The average Bonchev–Trinajstić information content (AvgIpc) is 2.57. The van der Waals surface area contributed by atoms with Crippen LogP contribution in [0.4, 0.5) is 0 Å². The lowest BCUT2D eigenvalue weighted by molar-refractivity contribution is 0.0660. The molecule has 3 N–H and O–H groups in total. The first kappa shape index (κ1) is 15.2. The molecule has 1 heterocycles. The van der Waals surface area contributed by atoms with Gasteiger partial charge in [0.25, 0.3) is 0 Å². The Labute approximate surface area is 112 Å². The number of furan rings is 1. The number of nitrogens with one attached hydrogen (secondary N) is 1. The molecule has 0 unspecified atom stereocenters. The zero-order chi connectivity index (χ0) is 14.1. The fraction of sp³-hybridized carbons (Fsp3) is 0.444. The maximum Gasteiger partial charge on any atom is 0.371 e. The summed E-state index contributed by atoms with van der Waals surface area (Å²) in [7, 11) is -3.95. The molecule has 1 aromatic rings. The van der Waals surface area contributed by atoms with Crippen molar-refractivity contribution in [3.8, 4) is 0 Å². The van der Waals surface area contributed by atoms with Crippen molar-refractivity contribution in [2.75, 3.05) is 6.54 Å². The zero-order valence-electron chi connectivity index (χ0n) is 9.60. The van der Waals surface area contributed by atoms with Crippen molar-refractivity contribution < 1.29 is 27.8 Å². The van der Waals surface area contributed by atoms with Gasteiger partial charge in [-0.15, -0.1) is 0 Å². The van der Waals surface area contributed by atoms with Crippen LogP contribution in [0.25, 0.3) is 0 Å². The first-order valence-electron chi connectivity index (χ1n) is 4.77. The van der Waals surface area contributed by atoms with Crippen molar-refractivity contribution >= 4 is 31.9 Å². The molecule has 102 valence electrons. The van der Waals surface area contributed by atoms with Crippen molar-refractivity contribution in [2.24, 2.45) is 0 Å². The highest BCUT2D eigenvalue weighted by molar-refractivity contribution is 9.10. The Balaban J connectivity index is 3.02. The third-order valence-electron chi connectivity index (χ3n) is 1.85. The summed E-state index contributed by atoms with van der Waals surface area (Å²) >= 11 is 2.83. The zero-order valence-corrected chi connectivity index (χ0v) is 12.0. The van der Waals surface area contributed by atoms with E-state index in [9.17, 15) is 18.3 Å². The molecule has 0 aromatic carbocycles. The maximum atomic E-state index is 11.8. The minimum atomic E-state index is -3.95. The summed E-state index contributed by atoms with van der Waals surface area (Å²) in [6, 6.07) is 0.888. The Morgan fingerprint density at radius 3 is 2.50 bits per heavy atom. The van der Waals surface area contributed by atoms with Crippen molar-refractivity contribution in [3.05, 3.63) is 16.5 Å². The van der Waals surface area contributed by atoms with E-state index in [1.54, 1.807) is 0 Å². The molecule has 0 aliphatic rings. The number of aromatic carboxylic acids is 1. The lowest BCUT2D eigenvalue weighted by Gasteiger charge is -2.17. The largest absolute Gasteiger partial charge is 0.475 e. The lowest BCUT2D eigenvalue weighted by atomic mass is 10.1. The smallest absolute Gasteiger partial charge is 0.371 e. The summed E-state index contributed by atoms with van der Waals surface area (Å²) in [5.41, 5.74) is -1.22. The Morgan fingerprint density at radius 2 is 2.11 bits per heavy atom. The summed E-state index contributed by atoms with van der Waals surface area (Å²) in [6.45, 7) is 2.65. The monoisotopic (exact) mass is 341 g/mol. The third kappa shape index (κ3) is 3.80. The molecule has 18 heavy (non-hydrogen) atoms. The van der Waals surface area contributed by atoms with E-state index in [0.717, 1.165) is 6.07 Å². The maximum absolute atomic E-state index is 11.8. The van der Waals surface area contributed by atoms with Gasteiger partial charge in [-0.2, -0.15) is 0 Å². The highest BCUT2D eigenvalue weighted by Gasteiger charge is 2.26. The van der Waals surface area contributed by atoms with E-state index in [1.165, 1.54) is 13.8 Å². The quantitative estimate of drug-likeness (QED) is 0.728. The molecule has 0 bridgehead atoms. The van der Waals surface area contributed by atoms with E-state index in [2.05, 4.69) is 20.7 Å². The number of aliphatic hydroxyl groups is 1. The highest BCUT2D eigenvalue weighted by Crippen LogP contribution is 2.26. The van der Waals surface area contributed by atoms with Crippen molar-refractivity contribution in [2.45, 2.75) is 24.3 Å². The molecule has 0 aliphatic heterocycles. The first-order valence-corrected chi connectivity index (χ1v) is 7.05. The number of sulfonamides is 1. The van der Waals surface area contributed by atoms with Gasteiger partial charge < -0.3 is 14.6 Å². The topological polar surface area (TPSA) is 117 Å². The summed E-state index contributed by atoms with van der Waals surface area (Å²) in [5.74, 6) is -1.87. The molecule has 0 radical (unpaired) electrons. The van der Waals surface area contributed by atoms with Crippen molar-refractivity contribution in [1.29, 1.82) is 0 Å². The number of hydrogen-bond acceptors (Lipinski definition) is 5. The van der Waals surface area contributed by atoms with Crippen molar-refractivity contribution in [3.63, 3.8) is 0 Å². The molecular formula is C9H12BrNO6S. The van der Waals surface area contributed by atoms with E-state index in [-0.39, 0.29) is 16.1 Å². The minimum absolute atomic E-state index is 0.205. The van der Waals surface area contributed by atoms with Crippen LogP contribution >= 0.6 is 15.9 Å². The Hall–Kier alpha value is -0.900. The molecule has 9 heteroatoms. The highest BCUT2D eigenvalue weighted by atomic mass is 79.9. The van der Waals surface area contributed by atoms with Crippen LogP contribution in [0.3, 0.4) is 0 Å². The normalized spacial score (nSPS) is 12.7. The second kappa shape index (κ2) is 5.00. The summed E-state index contributed by atoms with van der Waals surface area (Å²) in [6.07, 6.45) is 0. The van der Waals surface area contributed by atoms with Crippen LogP contribution in [-0.4, -0.2) is 36.7 Å². The number of carboxylic acids is 1. The molecule has 1 aromatic heterocycles. The SMILES string of the molecule is CC(C)(O)CNS(=O)(=O)c1cc(C(=O)O)oc1Br. The van der Waals surface area contributed by atoms with Gasteiger partial charge in [-0.25, -0.2) is 17.9 Å². The van der Waals surface area contributed by atoms with Crippen LogP contribution in [0.1, 0.15) is 24.4 Å². The molecular weight excluding hydrogens is 330 g/mol. The predicted molar refractivity (Wildman–Crippen MR) is 64.9 cm³/mol. The van der Waals surface area contributed by atoms with E-state index in [0.29, 0.717) is 0 Å². The minimum Gasteiger partial charge on any atom is -0.475 e. The van der Waals surface area contributed by atoms with Gasteiger partial charge in [0, 0.05) is 12.6 Å². The standard InChI is InChI=1S/C9H12BrNO6S/c1-9(2,14)4-11-18(15,16)6-3-5(8(12)13)17-7(6)10/h3,11,14H,4H2,1-2H3,(H,12,13). The van der Waals surface area contributed by atoms with Gasteiger partial charge in [0.15, 0.2) is 4.67 Å². The number of halogens is 1. The lowest BCUT2D eigenvalue weighted by Crippen LogP contribution is -2.38. The van der Waals surface area contributed by atoms with Gasteiger partial charge >= 0.3 is 5.97 Å². The van der Waals surface area contributed by atoms with E-state index >= 15 is 0 Å². The molecule has 0 saturated heterocycles. The average molecular weight is 342 g/mol.